The summed E-state index contributed by atoms with van der Waals surface area (Å²) in [6, 6.07) is 3.37. The fraction of sp³-hybridized carbons (Fsp3) is 0.250. The van der Waals surface area contributed by atoms with Gasteiger partial charge in [-0.1, -0.05) is 23.2 Å². The van der Waals surface area contributed by atoms with E-state index in [4.69, 9.17) is 39.5 Å². The second kappa shape index (κ2) is 4.22. The molecule has 0 saturated carbocycles. The molecule has 0 unspecified atom stereocenters. The summed E-state index contributed by atoms with van der Waals surface area (Å²) in [4.78, 5) is 0. The van der Waals surface area contributed by atoms with Gasteiger partial charge < -0.3 is 4.74 Å². The molecular formula is C8H7Cl3O. The zero-order chi connectivity index (χ0) is 9.14. The van der Waals surface area contributed by atoms with Crippen molar-refractivity contribution in [3.05, 3.63) is 27.7 Å². The van der Waals surface area contributed by atoms with E-state index in [0.29, 0.717) is 21.7 Å². The number of hydrogen-bond acceptors (Lipinski definition) is 1. The van der Waals surface area contributed by atoms with Gasteiger partial charge in [-0.3, -0.25) is 0 Å². The summed E-state index contributed by atoms with van der Waals surface area (Å²) in [7, 11) is 1.56. The number of hydrogen-bond donors (Lipinski definition) is 0. The lowest BCUT2D eigenvalue weighted by atomic mass is 10.2. The zero-order valence-electron chi connectivity index (χ0n) is 6.40. The molecule has 1 aromatic carbocycles. The standard InChI is InChI=1S/C8H7Cl3O/c1-12-5-2-7(10)6(4-9)8(11)3-5/h2-3H,4H2,1H3. The zero-order valence-corrected chi connectivity index (χ0v) is 8.67. The smallest absolute Gasteiger partial charge is 0.121 e. The van der Waals surface area contributed by atoms with Crippen LogP contribution in [0.4, 0.5) is 0 Å². The second-order valence-electron chi connectivity index (χ2n) is 2.20. The Hall–Kier alpha value is -0.110. The minimum atomic E-state index is 0.307. The van der Waals surface area contributed by atoms with E-state index in [1.807, 2.05) is 0 Å². The highest BCUT2D eigenvalue weighted by Gasteiger charge is 2.06. The van der Waals surface area contributed by atoms with Crippen LogP contribution in [0, 0.1) is 0 Å². The molecule has 12 heavy (non-hydrogen) atoms. The van der Waals surface area contributed by atoms with Crippen LogP contribution < -0.4 is 4.74 Å². The largest absolute Gasteiger partial charge is 0.497 e. The van der Waals surface area contributed by atoms with Crippen molar-refractivity contribution in [1.82, 2.24) is 0 Å². The Morgan fingerprint density at radius 1 is 1.25 bits per heavy atom. The first-order chi connectivity index (χ1) is 5.69. The van der Waals surface area contributed by atoms with E-state index in [9.17, 15) is 0 Å². The summed E-state index contributed by atoms with van der Waals surface area (Å²) in [5.41, 5.74) is 0.737. The number of ether oxygens (including phenoxy) is 1. The highest BCUT2D eigenvalue weighted by molar-refractivity contribution is 6.37. The average molecular weight is 226 g/mol. The second-order valence-corrected chi connectivity index (χ2v) is 3.28. The van der Waals surface area contributed by atoms with E-state index in [1.165, 1.54) is 0 Å². The number of benzene rings is 1. The molecule has 0 fully saturated rings. The lowest BCUT2D eigenvalue weighted by Gasteiger charge is -2.05. The van der Waals surface area contributed by atoms with Crippen molar-refractivity contribution < 1.29 is 4.74 Å². The molecule has 1 nitrogen and oxygen atoms in total. The molecule has 0 aliphatic rings. The van der Waals surface area contributed by atoms with Gasteiger partial charge in [0.25, 0.3) is 0 Å². The maximum absolute atomic E-state index is 5.86. The van der Waals surface area contributed by atoms with Crippen molar-refractivity contribution in [3.8, 4) is 5.75 Å². The first-order valence-electron chi connectivity index (χ1n) is 3.27. The van der Waals surface area contributed by atoms with Crippen LogP contribution in [0.5, 0.6) is 5.75 Å². The van der Waals surface area contributed by atoms with E-state index < -0.39 is 0 Å². The van der Waals surface area contributed by atoms with Crippen LogP contribution >= 0.6 is 34.8 Å². The molecule has 0 saturated heterocycles. The number of alkyl halides is 1. The topological polar surface area (TPSA) is 9.23 Å². The maximum atomic E-state index is 5.86. The lowest BCUT2D eigenvalue weighted by Crippen LogP contribution is -1.87. The van der Waals surface area contributed by atoms with Gasteiger partial charge in [-0.15, -0.1) is 11.6 Å². The Balaban J connectivity index is 3.18. The predicted molar refractivity (Wildman–Crippen MR) is 52.6 cm³/mol. The molecular weight excluding hydrogens is 218 g/mol. The number of methoxy groups -OCH3 is 1. The number of rotatable bonds is 2. The fourth-order valence-corrected chi connectivity index (χ4v) is 1.85. The van der Waals surface area contributed by atoms with E-state index in [1.54, 1.807) is 19.2 Å². The van der Waals surface area contributed by atoms with Gasteiger partial charge >= 0.3 is 0 Å². The van der Waals surface area contributed by atoms with Crippen molar-refractivity contribution in [2.45, 2.75) is 5.88 Å². The molecule has 1 aromatic rings. The SMILES string of the molecule is COc1cc(Cl)c(CCl)c(Cl)c1. The van der Waals surface area contributed by atoms with Gasteiger partial charge in [-0.05, 0) is 12.1 Å². The minimum Gasteiger partial charge on any atom is -0.497 e. The highest BCUT2D eigenvalue weighted by atomic mass is 35.5. The van der Waals surface area contributed by atoms with Crippen molar-refractivity contribution >= 4 is 34.8 Å². The molecule has 0 atom stereocenters. The summed E-state index contributed by atoms with van der Waals surface area (Å²) in [6.45, 7) is 0. The summed E-state index contributed by atoms with van der Waals surface area (Å²) >= 11 is 17.4. The van der Waals surface area contributed by atoms with Gasteiger partial charge in [0.15, 0.2) is 0 Å². The molecule has 0 bridgehead atoms. The van der Waals surface area contributed by atoms with E-state index in [0.717, 1.165) is 5.56 Å². The molecule has 0 amide bonds. The third kappa shape index (κ3) is 1.98. The Morgan fingerprint density at radius 3 is 2.08 bits per heavy atom. The molecule has 0 aliphatic carbocycles. The van der Waals surface area contributed by atoms with Crippen LogP contribution in [-0.2, 0) is 5.88 Å². The normalized spacial score (nSPS) is 10.0. The molecule has 1 rings (SSSR count). The third-order valence-electron chi connectivity index (χ3n) is 1.48. The molecule has 0 spiro atoms. The molecule has 0 N–H and O–H groups in total. The van der Waals surface area contributed by atoms with Gasteiger partial charge in [-0.2, -0.15) is 0 Å². The summed E-state index contributed by atoms with van der Waals surface area (Å²) < 4.78 is 4.96. The maximum Gasteiger partial charge on any atom is 0.121 e. The first-order valence-corrected chi connectivity index (χ1v) is 4.56. The fourth-order valence-electron chi connectivity index (χ4n) is 0.825. The Bertz CT molecular complexity index is 263. The van der Waals surface area contributed by atoms with E-state index in [-0.39, 0.29) is 0 Å². The summed E-state index contributed by atoms with van der Waals surface area (Å²) in [6.07, 6.45) is 0. The van der Waals surface area contributed by atoms with Gasteiger partial charge in [0.05, 0.1) is 23.0 Å². The van der Waals surface area contributed by atoms with Crippen molar-refractivity contribution in [1.29, 1.82) is 0 Å². The average Bonchev–Trinajstić information content (AvgIpc) is 2.03. The monoisotopic (exact) mass is 224 g/mol. The van der Waals surface area contributed by atoms with Crippen LogP contribution in [0.2, 0.25) is 10.0 Å². The molecule has 4 heteroatoms. The number of halogens is 3. The van der Waals surface area contributed by atoms with Gasteiger partial charge in [-0.25, -0.2) is 0 Å². The quantitative estimate of drug-likeness (QED) is 0.697. The molecule has 0 aromatic heterocycles. The Labute approximate surface area is 86.2 Å². The van der Waals surface area contributed by atoms with Crippen LogP contribution in [0.1, 0.15) is 5.56 Å². The Morgan fingerprint density at radius 2 is 1.75 bits per heavy atom. The van der Waals surface area contributed by atoms with Gasteiger partial charge in [0, 0.05) is 5.56 Å². The van der Waals surface area contributed by atoms with E-state index in [2.05, 4.69) is 0 Å². The van der Waals surface area contributed by atoms with Gasteiger partial charge in [0.2, 0.25) is 0 Å². The van der Waals surface area contributed by atoms with Crippen LogP contribution in [-0.4, -0.2) is 7.11 Å². The highest BCUT2D eigenvalue weighted by Crippen LogP contribution is 2.31. The third-order valence-corrected chi connectivity index (χ3v) is 2.43. The van der Waals surface area contributed by atoms with Crippen LogP contribution in [0.3, 0.4) is 0 Å². The lowest BCUT2D eigenvalue weighted by molar-refractivity contribution is 0.415. The molecule has 0 aliphatic heterocycles. The van der Waals surface area contributed by atoms with Crippen molar-refractivity contribution in [2.75, 3.05) is 7.11 Å². The minimum absolute atomic E-state index is 0.307. The molecule has 0 radical (unpaired) electrons. The van der Waals surface area contributed by atoms with Crippen molar-refractivity contribution in [2.24, 2.45) is 0 Å². The van der Waals surface area contributed by atoms with Crippen LogP contribution in [0.15, 0.2) is 12.1 Å². The molecule has 66 valence electrons. The first kappa shape index (κ1) is 9.97. The predicted octanol–water partition coefficient (Wildman–Crippen LogP) is 3.74. The Kier molecular flexibility index (Phi) is 3.51. The summed E-state index contributed by atoms with van der Waals surface area (Å²) in [5.74, 6) is 0.945. The van der Waals surface area contributed by atoms with Crippen molar-refractivity contribution in [3.63, 3.8) is 0 Å². The van der Waals surface area contributed by atoms with Crippen LogP contribution in [0.25, 0.3) is 0 Å². The molecule has 0 heterocycles. The summed E-state index contributed by atoms with van der Waals surface area (Å²) in [5, 5.41) is 1.07. The van der Waals surface area contributed by atoms with Gasteiger partial charge in [0.1, 0.15) is 5.75 Å². The van der Waals surface area contributed by atoms with E-state index >= 15 is 0 Å².